The fourth-order valence-corrected chi connectivity index (χ4v) is 2.94. The first-order valence-electron chi connectivity index (χ1n) is 8.62. The molecule has 1 heterocycles. The minimum atomic E-state index is -0.357. The zero-order valence-electron chi connectivity index (χ0n) is 14.8. The predicted octanol–water partition coefficient (Wildman–Crippen LogP) is 2.37. The van der Waals surface area contributed by atoms with E-state index in [0.29, 0.717) is 13.1 Å². The lowest BCUT2D eigenvalue weighted by molar-refractivity contribution is -0.119. The van der Waals surface area contributed by atoms with Gasteiger partial charge in [0.05, 0.1) is 25.0 Å². The lowest BCUT2D eigenvalue weighted by atomic mass is 10.1. The quantitative estimate of drug-likeness (QED) is 0.677. The second-order valence-corrected chi connectivity index (χ2v) is 6.35. The second-order valence-electron chi connectivity index (χ2n) is 6.35. The van der Waals surface area contributed by atoms with Gasteiger partial charge in [-0.1, -0.05) is 65.9 Å². The smallest absolute Gasteiger partial charge is 0.231 e. The van der Waals surface area contributed by atoms with E-state index in [4.69, 9.17) is 5.73 Å². The molecule has 3 rings (SSSR count). The summed E-state index contributed by atoms with van der Waals surface area (Å²) >= 11 is 0. The topological polar surface area (TPSA) is 77.0 Å². The lowest BCUT2D eigenvalue weighted by Gasteiger charge is -2.27. The van der Waals surface area contributed by atoms with Gasteiger partial charge < -0.3 is 5.73 Å². The molecule has 0 spiro atoms. The first-order chi connectivity index (χ1) is 12.6. The summed E-state index contributed by atoms with van der Waals surface area (Å²) in [5.74, 6) is -0.357. The van der Waals surface area contributed by atoms with Crippen LogP contribution in [0.3, 0.4) is 0 Å². The molecule has 2 N–H and O–H groups in total. The zero-order chi connectivity index (χ0) is 18.4. The molecule has 26 heavy (non-hydrogen) atoms. The summed E-state index contributed by atoms with van der Waals surface area (Å²) in [7, 11) is 0. The van der Waals surface area contributed by atoms with E-state index in [1.54, 1.807) is 4.68 Å². The molecule has 2 aromatic carbocycles. The third-order valence-electron chi connectivity index (χ3n) is 4.33. The van der Waals surface area contributed by atoms with E-state index in [0.717, 1.165) is 16.8 Å². The molecule has 0 aliphatic rings. The van der Waals surface area contributed by atoms with Crippen molar-refractivity contribution < 1.29 is 4.79 Å². The van der Waals surface area contributed by atoms with Crippen LogP contribution in [-0.4, -0.2) is 32.3 Å². The summed E-state index contributed by atoms with van der Waals surface area (Å²) in [6.07, 6.45) is 1.92. The normalized spacial score (nSPS) is 12.2. The maximum atomic E-state index is 11.5. The van der Waals surface area contributed by atoms with E-state index in [1.165, 1.54) is 0 Å². The molecular formula is C20H23N5O. The standard InChI is InChI=1S/C20H23N5O/c1-16(18-10-6-3-7-11-18)24(15-20(21)26)13-19-14-25(23-22-19)12-17-8-4-2-5-9-17/h2-11,14,16H,12-13,15H2,1H3,(H2,21,26)/t16-/m1/s1. The molecular weight excluding hydrogens is 326 g/mol. The summed E-state index contributed by atoms with van der Waals surface area (Å²) in [6, 6.07) is 20.2. The third kappa shape index (κ3) is 4.77. The maximum absolute atomic E-state index is 11.5. The Kier molecular flexibility index (Phi) is 5.76. The number of hydrogen-bond acceptors (Lipinski definition) is 4. The second kappa shape index (κ2) is 8.40. The molecule has 0 bridgehead atoms. The lowest BCUT2D eigenvalue weighted by Crippen LogP contribution is -2.35. The van der Waals surface area contributed by atoms with E-state index < -0.39 is 0 Å². The fraction of sp³-hybridized carbons (Fsp3) is 0.250. The molecule has 1 atom stereocenters. The Morgan fingerprint density at radius 2 is 1.77 bits per heavy atom. The number of aromatic nitrogens is 3. The number of carbonyl (C=O) groups is 1. The van der Waals surface area contributed by atoms with Crippen molar-refractivity contribution in [2.45, 2.75) is 26.1 Å². The highest BCUT2D eigenvalue weighted by molar-refractivity contribution is 5.76. The van der Waals surface area contributed by atoms with Crippen molar-refractivity contribution in [3.8, 4) is 0 Å². The van der Waals surface area contributed by atoms with Crippen LogP contribution in [-0.2, 0) is 17.9 Å². The van der Waals surface area contributed by atoms with E-state index in [1.807, 2.05) is 59.6 Å². The molecule has 0 saturated carbocycles. The Labute approximate surface area is 153 Å². The van der Waals surface area contributed by atoms with Gasteiger partial charge in [-0.25, -0.2) is 4.68 Å². The van der Waals surface area contributed by atoms with Crippen LogP contribution in [0.4, 0.5) is 0 Å². The minimum Gasteiger partial charge on any atom is -0.369 e. The molecule has 0 fully saturated rings. The van der Waals surface area contributed by atoms with Gasteiger partial charge in [0.2, 0.25) is 5.91 Å². The Hall–Kier alpha value is -2.99. The molecule has 1 aromatic heterocycles. The predicted molar refractivity (Wildman–Crippen MR) is 100 cm³/mol. The van der Waals surface area contributed by atoms with Crippen LogP contribution in [0.1, 0.15) is 29.8 Å². The minimum absolute atomic E-state index is 0.0444. The van der Waals surface area contributed by atoms with Crippen LogP contribution < -0.4 is 5.73 Å². The molecule has 0 radical (unpaired) electrons. The highest BCUT2D eigenvalue weighted by Crippen LogP contribution is 2.21. The number of hydrogen-bond donors (Lipinski definition) is 1. The zero-order valence-corrected chi connectivity index (χ0v) is 14.8. The number of amides is 1. The van der Waals surface area contributed by atoms with Gasteiger partial charge in [-0.05, 0) is 18.1 Å². The molecule has 0 unspecified atom stereocenters. The van der Waals surface area contributed by atoms with Crippen molar-refractivity contribution in [2.24, 2.45) is 5.73 Å². The van der Waals surface area contributed by atoms with E-state index in [-0.39, 0.29) is 18.5 Å². The van der Waals surface area contributed by atoms with Crippen molar-refractivity contribution in [2.75, 3.05) is 6.54 Å². The number of primary amides is 1. The van der Waals surface area contributed by atoms with Crippen LogP contribution in [0, 0.1) is 0 Å². The Bertz CT molecular complexity index is 832. The highest BCUT2D eigenvalue weighted by atomic mass is 16.1. The van der Waals surface area contributed by atoms with Crippen LogP contribution in [0.5, 0.6) is 0 Å². The first kappa shape index (κ1) is 17.8. The summed E-state index contributed by atoms with van der Waals surface area (Å²) in [6.45, 7) is 3.40. The fourth-order valence-electron chi connectivity index (χ4n) is 2.94. The highest BCUT2D eigenvalue weighted by Gasteiger charge is 2.19. The van der Waals surface area contributed by atoms with E-state index in [9.17, 15) is 4.79 Å². The van der Waals surface area contributed by atoms with Gasteiger partial charge in [-0.15, -0.1) is 5.10 Å². The van der Waals surface area contributed by atoms with Gasteiger partial charge in [-0.2, -0.15) is 0 Å². The molecule has 0 aliphatic heterocycles. The average molecular weight is 349 g/mol. The molecule has 1 amide bonds. The van der Waals surface area contributed by atoms with Gasteiger partial charge in [0.25, 0.3) is 0 Å². The largest absolute Gasteiger partial charge is 0.369 e. The molecule has 6 heteroatoms. The maximum Gasteiger partial charge on any atom is 0.231 e. The van der Waals surface area contributed by atoms with Gasteiger partial charge in [0, 0.05) is 12.6 Å². The van der Waals surface area contributed by atoms with Crippen LogP contribution in [0.2, 0.25) is 0 Å². The number of nitrogens with two attached hydrogens (primary N) is 1. The van der Waals surface area contributed by atoms with Gasteiger partial charge in [0.1, 0.15) is 0 Å². The van der Waals surface area contributed by atoms with Crippen LogP contribution in [0.15, 0.2) is 66.9 Å². The molecule has 3 aromatic rings. The summed E-state index contributed by atoms with van der Waals surface area (Å²) in [5, 5.41) is 8.45. The number of nitrogens with zero attached hydrogens (tertiary/aromatic N) is 4. The molecule has 6 nitrogen and oxygen atoms in total. The van der Waals surface area contributed by atoms with Crippen molar-refractivity contribution in [1.82, 2.24) is 19.9 Å². The van der Waals surface area contributed by atoms with Crippen molar-refractivity contribution in [3.63, 3.8) is 0 Å². The Morgan fingerprint density at radius 3 is 2.42 bits per heavy atom. The van der Waals surface area contributed by atoms with E-state index in [2.05, 4.69) is 29.4 Å². The summed E-state index contributed by atoms with van der Waals surface area (Å²) in [5.41, 5.74) is 8.55. The number of benzene rings is 2. The molecule has 0 aliphatic carbocycles. The van der Waals surface area contributed by atoms with Gasteiger partial charge in [0.15, 0.2) is 0 Å². The van der Waals surface area contributed by atoms with Crippen molar-refractivity contribution in [3.05, 3.63) is 83.7 Å². The number of carbonyl (C=O) groups excluding carboxylic acids is 1. The van der Waals surface area contributed by atoms with Crippen LogP contribution in [0.25, 0.3) is 0 Å². The summed E-state index contributed by atoms with van der Waals surface area (Å²) in [4.78, 5) is 13.5. The van der Waals surface area contributed by atoms with Gasteiger partial charge >= 0.3 is 0 Å². The average Bonchev–Trinajstić information content (AvgIpc) is 3.08. The van der Waals surface area contributed by atoms with E-state index >= 15 is 0 Å². The van der Waals surface area contributed by atoms with Crippen molar-refractivity contribution in [1.29, 1.82) is 0 Å². The third-order valence-corrected chi connectivity index (χ3v) is 4.33. The molecule has 134 valence electrons. The Balaban J connectivity index is 1.72. The monoisotopic (exact) mass is 349 g/mol. The summed E-state index contributed by atoms with van der Waals surface area (Å²) < 4.78 is 1.81. The van der Waals surface area contributed by atoms with Gasteiger partial charge in [-0.3, -0.25) is 9.69 Å². The number of rotatable bonds is 8. The molecule has 0 saturated heterocycles. The van der Waals surface area contributed by atoms with Crippen molar-refractivity contribution >= 4 is 5.91 Å². The Morgan fingerprint density at radius 1 is 1.12 bits per heavy atom. The van der Waals surface area contributed by atoms with Crippen LogP contribution >= 0.6 is 0 Å². The SMILES string of the molecule is C[C@H](c1ccccc1)N(CC(N)=O)Cc1cn(Cc2ccccc2)nn1. The first-order valence-corrected chi connectivity index (χ1v) is 8.62.